The van der Waals surface area contributed by atoms with E-state index in [1.165, 1.54) is 11.1 Å². The van der Waals surface area contributed by atoms with Crippen LogP contribution in [0.1, 0.15) is 22.7 Å². The SMILES string of the molecule is Cc1ccc(CC(NN)c2csc(Br)c2)c(Cl)c1. The molecule has 1 atom stereocenters. The Hall–Kier alpha value is -0.390. The smallest absolute Gasteiger partial charge is 0.0701 e. The van der Waals surface area contributed by atoms with Crippen LogP contribution in [0.3, 0.4) is 0 Å². The number of hydrazine groups is 1. The molecule has 5 heteroatoms. The van der Waals surface area contributed by atoms with Crippen LogP contribution < -0.4 is 11.3 Å². The standard InChI is InChI=1S/C13H14BrClN2S/c1-8-2-3-9(11(15)4-8)5-12(17-16)10-6-13(14)18-7-10/h2-4,6-7,12,17H,5,16H2,1H3. The Balaban J connectivity index is 2.20. The van der Waals surface area contributed by atoms with Crippen molar-refractivity contribution in [3.05, 3.63) is 55.1 Å². The minimum absolute atomic E-state index is 0.0766. The third kappa shape index (κ3) is 3.33. The maximum absolute atomic E-state index is 6.25. The second-order valence-electron chi connectivity index (χ2n) is 4.20. The van der Waals surface area contributed by atoms with E-state index < -0.39 is 0 Å². The zero-order valence-corrected chi connectivity index (χ0v) is 13.1. The predicted molar refractivity (Wildman–Crippen MR) is 82.0 cm³/mol. The van der Waals surface area contributed by atoms with E-state index in [1.807, 2.05) is 13.0 Å². The van der Waals surface area contributed by atoms with Crippen molar-refractivity contribution in [2.24, 2.45) is 5.84 Å². The molecule has 0 saturated carbocycles. The summed E-state index contributed by atoms with van der Waals surface area (Å²) in [5.74, 6) is 5.64. The molecule has 0 saturated heterocycles. The van der Waals surface area contributed by atoms with Gasteiger partial charge in [0.25, 0.3) is 0 Å². The number of halogens is 2. The molecule has 0 amide bonds. The van der Waals surface area contributed by atoms with Crippen LogP contribution in [0.25, 0.3) is 0 Å². The van der Waals surface area contributed by atoms with Crippen LogP contribution >= 0.6 is 38.9 Å². The minimum atomic E-state index is 0.0766. The molecule has 0 fully saturated rings. The summed E-state index contributed by atoms with van der Waals surface area (Å²) in [4.78, 5) is 0. The van der Waals surface area contributed by atoms with Crippen molar-refractivity contribution >= 4 is 38.9 Å². The molecule has 0 aliphatic rings. The third-order valence-corrected chi connectivity index (χ3v) is 4.70. The van der Waals surface area contributed by atoms with Gasteiger partial charge in [0.2, 0.25) is 0 Å². The number of nitrogens with one attached hydrogen (secondary N) is 1. The highest BCUT2D eigenvalue weighted by Crippen LogP contribution is 2.29. The molecule has 96 valence electrons. The predicted octanol–water partition coefficient (Wildman–Crippen LogP) is 4.22. The van der Waals surface area contributed by atoms with Gasteiger partial charge in [-0.05, 0) is 63.5 Å². The third-order valence-electron chi connectivity index (χ3n) is 2.82. The molecule has 1 unspecified atom stereocenters. The lowest BCUT2D eigenvalue weighted by Gasteiger charge is -2.15. The van der Waals surface area contributed by atoms with E-state index >= 15 is 0 Å². The van der Waals surface area contributed by atoms with Gasteiger partial charge in [-0.15, -0.1) is 11.3 Å². The first-order valence-corrected chi connectivity index (χ1v) is 7.60. The Bertz CT molecular complexity index is 542. The maximum Gasteiger partial charge on any atom is 0.0701 e. The number of hydrogen-bond donors (Lipinski definition) is 2. The van der Waals surface area contributed by atoms with E-state index in [0.29, 0.717) is 0 Å². The molecule has 3 N–H and O–H groups in total. The summed E-state index contributed by atoms with van der Waals surface area (Å²) in [6.07, 6.45) is 0.777. The first-order chi connectivity index (χ1) is 8.60. The normalized spacial score (nSPS) is 12.7. The van der Waals surface area contributed by atoms with Crippen molar-refractivity contribution in [3.8, 4) is 0 Å². The van der Waals surface area contributed by atoms with Crippen LogP contribution in [0, 0.1) is 6.92 Å². The second kappa shape index (κ2) is 6.17. The average molecular weight is 346 g/mol. The van der Waals surface area contributed by atoms with Crippen molar-refractivity contribution < 1.29 is 0 Å². The van der Waals surface area contributed by atoms with E-state index in [1.54, 1.807) is 11.3 Å². The van der Waals surface area contributed by atoms with Gasteiger partial charge in [-0.25, -0.2) is 0 Å². The van der Waals surface area contributed by atoms with E-state index in [9.17, 15) is 0 Å². The zero-order valence-electron chi connectivity index (χ0n) is 9.91. The van der Waals surface area contributed by atoms with Crippen molar-refractivity contribution in [1.82, 2.24) is 5.43 Å². The molecule has 0 aliphatic carbocycles. The highest BCUT2D eigenvalue weighted by Gasteiger charge is 2.14. The van der Waals surface area contributed by atoms with Crippen LogP contribution in [0.4, 0.5) is 0 Å². The van der Waals surface area contributed by atoms with Gasteiger partial charge in [0, 0.05) is 5.02 Å². The molecule has 0 bridgehead atoms. The molecule has 2 rings (SSSR count). The number of nitrogens with two attached hydrogens (primary N) is 1. The summed E-state index contributed by atoms with van der Waals surface area (Å²) in [6.45, 7) is 2.03. The van der Waals surface area contributed by atoms with Crippen LogP contribution in [0.15, 0.2) is 33.4 Å². The molecular weight excluding hydrogens is 332 g/mol. The number of rotatable bonds is 4. The highest BCUT2D eigenvalue weighted by atomic mass is 79.9. The number of hydrogen-bond acceptors (Lipinski definition) is 3. The van der Waals surface area contributed by atoms with Gasteiger partial charge in [-0.3, -0.25) is 11.3 Å². The summed E-state index contributed by atoms with van der Waals surface area (Å²) >= 11 is 11.4. The van der Waals surface area contributed by atoms with Gasteiger partial charge < -0.3 is 0 Å². The van der Waals surface area contributed by atoms with Gasteiger partial charge in [0.05, 0.1) is 9.83 Å². The molecular formula is C13H14BrClN2S. The van der Waals surface area contributed by atoms with Crippen molar-refractivity contribution in [1.29, 1.82) is 0 Å². The van der Waals surface area contributed by atoms with Crippen LogP contribution in [0.2, 0.25) is 5.02 Å². The molecule has 2 nitrogen and oxygen atoms in total. The van der Waals surface area contributed by atoms with E-state index in [-0.39, 0.29) is 6.04 Å². The van der Waals surface area contributed by atoms with E-state index in [4.69, 9.17) is 17.4 Å². The summed E-state index contributed by atoms with van der Waals surface area (Å²) in [6, 6.07) is 8.26. The van der Waals surface area contributed by atoms with E-state index in [0.717, 1.165) is 20.8 Å². The Kier molecular flexibility index (Phi) is 4.81. The molecule has 1 heterocycles. The van der Waals surface area contributed by atoms with E-state index in [2.05, 4.69) is 44.9 Å². The maximum atomic E-state index is 6.25. The van der Waals surface area contributed by atoms with Crippen LogP contribution in [0.5, 0.6) is 0 Å². The number of aryl methyl sites for hydroxylation is 1. The number of thiophene rings is 1. The topological polar surface area (TPSA) is 38.0 Å². The summed E-state index contributed by atoms with van der Waals surface area (Å²) in [5.41, 5.74) is 6.29. The van der Waals surface area contributed by atoms with Crippen molar-refractivity contribution in [2.75, 3.05) is 0 Å². The monoisotopic (exact) mass is 344 g/mol. The minimum Gasteiger partial charge on any atom is -0.271 e. The van der Waals surface area contributed by atoms with Gasteiger partial charge in [-0.2, -0.15) is 0 Å². The fourth-order valence-corrected chi connectivity index (χ4v) is 3.36. The second-order valence-corrected chi connectivity index (χ2v) is 6.90. The Morgan fingerprint density at radius 1 is 1.44 bits per heavy atom. The Morgan fingerprint density at radius 3 is 2.78 bits per heavy atom. The Labute approximate surface area is 124 Å². The molecule has 2 aromatic rings. The lowest BCUT2D eigenvalue weighted by Crippen LogP contribution is -2.29. The first kappa shape index (κ1) is 14.0. The van der Waals surface area contributed by atoms with Crippen LogP contribution in [-0.4, -0.2) is 0 Å². The number of benzene rings is 1. The molecule has 18 heavy (non-hydrogen) atoms. The molecule has 0 aliphatic heterocycles. The molecule has 0 spiro atoms. The van der Waals surface area contributed by atoms with Gasteiger partial charge in [0.15, 0.2) is 0 Å². The average Bonchev–Trinajstić information content (AvgIpc) is 2.75. The lowest BCUT2D eigenvalue weighted by molar-refractivity contribution is 0.553. The fraction of sp³-hybridized carbons (Fsp3) is 0.231. The van der Waals surface area contributed by atoms with Crippen molar-refractivity contribution in [3.63, 3.8) is 0 Å². The van der Waals surface area contributed by atoms with Gasteiger partial charge in [0.1, 0.15) is 0 Å². The molecule has 1 aromatic heterocycles. The Morgan fingerprint density at radius 2 is 2.22 bits per heavy atom. The molecule has 1 aromatic carbocycles. The zero-order chi connectivity index (χ0) is 13.1. The van der Waals surface area contributed by atoms with Crippen molar-refractivity contribution in [2.45, 2.75) is 19.4 Å². The van der Waals surface area contributed by atoms with Gasteiger partial charge in [-0.1, -0.05) is 23.7 Å². The lowest BCUT2D eigenvalue weighted by atomic mass is 10.0. The largest absolute Gasteiger partial charge is 0.271 e. The molecule has 0 radical (unpaired) electrons. The summed E-state index contributed by atoms with van der Waals surface area (Å²) in [7, 11) is 0. The highest BCUT2D eigenvalue weighted by molar-refractivity contribution is 9.11. The van der Waals surface area contributed by atoms with Gasteiger partial charge >= 0.3 is 0 Å². The first-order valence-electron chi connectivity index (χ1n) is 5.55. The quantitative estimate of drug-likeness (QED) is 0.643. The van der Waals surface area contributed by atoms with Crippen LogP contribution in [-0.2, 0) is 6.42 Å². The summed E-state index contributed by atoms with van der Waals surface area (Å²) in [5, 5.41) is 2.89. The fourth-order valence-electron chi connectivity index (χ4n) is 1.82. The summed E-state index contributed by atoms with van der Waals surface area (Å²) < 4.78 is 1.10.